The molecular weight excluding hydrogens is 290 g/mol. The molecule has 0 bridgehead atoms. The SMILES string of the molecule is O=C(COc1cc(Cl)ccc1Cl)c1ccccc1F. The Morgan fingerprint density at radius 3 is 2.63 bits per heavy atom. The Kier molecular flexibility index (Phi) is 4.40. The number of Topliss-reactive ketones (excluding diaryl/α,β-unsaturated/α-hetero) is 1. The van der Waals surface area contributed by atoms with Crippen LogP contribution in [0.3, 0.4) is 0 Å². The molecule has 2 aromatic carbocycles. The van der Waals surface area contributed by atoms with Crippen molar-refractivity contribution in [2.24, 2.45) is 0 Å². The third-order valence-electron chi connectivity index (χ3n) is 2.43. The summed E-state index contributed by atoms with van der Waals surface area (Å²) in [7, 11) is 0. The van der Waals surface area contributed by atoms with Gasteiger partial charge < -0.3 is 4.74 Å². The average molecular weight is 299 g/mol. The molecule has 0 aliphatic heterocycles. The Morgan fingerprint density at radius 2 is 1.89 bits per heavy atom. The minimum Gasteiger partial charge on any atom is -0.484 e. The quantitative estimate of drug-likeness (QED) is 0.782. The number of carbonyl (C=O) groups excluding carboxylic acids is 1. The first-order chi connectivity index (χ1) is 9.08. The number of benzene rings is 2. The fourth-order valence-corrected chi connectivity index (χ4v) is 1.83. The van der Waals surface area contributed by atoms with Gasteiger partial charge in [0, 0.05) is 11.1 Å². The van der Waals surface area contributed by atoms with Crippen LogP contribution in [0.25, 0.3) is 0 Å². The van der Waals surface area contributed by atoms with Gasteiger partial charge in [0.25, 0.3) is 0 Å². The molecule has 0 fully saturated rings. The van der Waals surface area contributed by atoms with Gasteiger partial charge in [-0.25, -0.2) is 4.39 Å². The normalized spacial score (nSPS) is 10.3. The molecule has 19 heavy (non-hydrogen) atoms. The molecule has 0 heterocycles. The van der Waals surface area contributed by atoms with Crippen LogP contribution < -0.4 is 4.74 Å². The van der Waals surface area contributed by atoms with Crippen molar-refractivity contribution in [1.82, 2.24) is 0 Å². The van der Waals surface area contributed by atoms with Crippen LogP contribution in [0.5, 0.6) is 5.75 Å². The largest absolute Gasteiger partial charge is 0.484 e. The van der Waals surface area contributed by atoms with E-state index in [0.29, 0.717) is 15.8 Å². The van der Waals surface area contributed by atoms with Gasteiger partial charge in [0.05, 0.1) is 10.6 Å². The summed E-state index contributed by atoms with van der Waals surface area (Å²) in [6, 6.07) is 10.4. The number of rotatable bonds is 4. The van der Waals surface area contributed by atoms with Crippen LogP contribution in [0.2, 0.25) is 10.0 Å². The minimum atomic E-state index is -0.576. The number of hydrogen-bond donors (Lipinski definition) is 0. The van der Waals surface area contributed by atoms with Gasteiger partial charge in [0.1, 0.15) is 11.6 Å². The van der Waals surface area contributed by atoms with Crippen molar-refractivity contribution < 1.29 is 13.9 Å². The van der Waals surface area contributed by atoms with Gasteiger partial charge in [-0.3, -0.25) is 4.79 Å². The van der Waals surface area contributed by atoms with Crippen LogP contribution in [0.4, 0.5) is 4.39 Å². The highest BCUT2D eigenvalue weighted by molar-refractivity contribution is 6.34. The number of halogens is 3. The van der Waals surface area contributed by atoms with E-state index in [9.17, 15) is 9.18 Å². The van der Waals surface area contributed by atoms with E-state index in [0.717, 1.165) is 0 Å². The lowest BCUT2D eigenvalue weighted by atomic mass is 10.1. The summed E-state index contributed by atoms with van der Waals surface area (Å²) in [6.45, 7) is -0.305. The molecule has 5 heteroatoms. The number of ketones is 1. The molecule has 0 N–H and O–H groups in total. The van der Waals surface area contributed by atoms with E-state index in [2.05, 4.69) is 0 Å². The van der Waals surface area contributed by atoms with Crippen molar-refractivity contribution in [3.8, 4) is 5.75 Å². The van der Waals surface area contributed by atoms with Crippen LogP contribution in [0, 0.1) is 5.82 Å². The second-order valence-corrected chi connectivity index (χ2v) is 4.61. The van der Waals surface area contributed by atoms with E-state index in [1.165, 1.54) is 24.3 Å². The van der Waals surface area contributed by atoms with Crippen molar-refractivity contribution in [3.63, 3.8) is 0 Å². The van der Waals surface area contributed by atoms with Gasteiger partial charge in [-0.1, -0.05) is 35.3 Å². The Hall–Kier alpha value is -1.58. The molecule has 2 aromatic rings. The fraction of sp³-hybridized carbons (Fsp3) is 0.0714. The summed E-state index contributed by atoms with van der Waals surface area (Å²) in [5.41, 5.74) is -0.0133. The maximum Gasteiger partial charge on any atom is 0.203 e. The molecule has 0 spiro atoms. The molecule has 2 rings (SSSR count). The summed E-state index contributed by atoms with van der Waals surface area (Å²) in [5.74, 6) is -0.749. The predicted molar refractivity (Wildman–Crippen MR) is 72.7 cm³/mol. The molecule has 0 atom stereocenters. The molecule has 0 saturated carbocycles. The summed E-state index contributed by atoms with van der Waals surface area (Å²) in [6.07, 6.45) is 0. The molecule has 0 amide bonds. The first kappa shape index (κ1) is 13.8. The lowest BCUT2D eigenvalue weighted by Gasteiger charge is -2.08. The Balaban J connectivity index is 2.09. The average Bonchev–Trinajstić information content (AvgIpc) is 2.40. The van der Waals surface area contributed by atoms with Gasteiger partial charge in [-0.05, 0) is 24.3 Å². The second-order valence-electron chi connectivity index (χ2n) is 3.77. The van der Waals surface area contributed by atoms with E-state index in [1.807, 2.05) is 0 Å². The van der Waals surface area contributed by atoms with Crippen molar-refractivity contribution in [3.05, 3.63) is 63.9 Å². The second kappa shape index (κ2) is 6.04. The van der Waals surface area contributed by atoms with Gasteiger partial charge in [0.2, 0.25) is 5.78 Å². The summed E-state index contributed by atoms with van der Waals surface area (Å²) in [5, 5.41) is 0.781. The molecular formula is C14H9Cl2FO2. The van der Waals surface area contributed by atoms with Gasteiger partial charge in [-0.2, -0.15) is 0 Å². The van der Waals surface area contributed by atoms with E-state index in [4.69, 9.17) is 27.9 Å². The van der Waals surface area contributed by atoms with Crippen LogP contribution in [0.15, 0.2) is 42.5 Å². The highest BCUT2D eigenvalue weighted by Gasteiger charge is 2.12. The van der Waals surface area contributed by atoms with Crippen molar-refractivity contribution in [2.45, 2.75) is 0 Å². The Bertz CT molecular complexity index is 614. The third-order valence-corrected chi connectivity index (χ3v) is 2.97. The minimum absolute atomic E-state index is 0.0133. The lowest BCUT2D eigenvalue weighted by molar-refractivity contribution is 0.0917. The molecule has 0 radical (unpaired) electrons. The zero-order valence-corrected chi connectivity index (χ0v) is 11.2. The number of ether oxygens (including phenoxy) is 1. The van der Waals surface area contributed by atoms with Crippen LogP contribution >= 0.6 is 23.2 Å². The molecule has 0 saturated heterocycles. The summed E-state index contributed by atoms with van der Waals surface area (Å²) < 4.78 is 18.6. The van der Waals surface area contributed by atoms with E-state index >= 15 is 0 Å². The summed E-state index contributed by atoms with van der Waals surface area (Å²) >= 11 is 11.7. The zero-order chi connectivity index (χ0) is 13.8. The van der Waals surface area contributed by atoms with Gasteiger partial charge >= 0.3 is 0 Å². The molecule has 0 aromatic heterocycles. The number of hydrogen-bond acceptors (Lipinski definition) is 2. The highest BCUT2D eigenvalue weighted by atomic mass is 35.5. The fourth-order valence-electron chi connectivity index (χ4n) is 1.50. The molecule has 0 aliphatic rings. The highest BCUT2D eigenvalue weighted by Crippen LogP contribution is 2.27. The van der Waals surface area contributed by atoms with Crippen molar-refractivity contribution in [2.75, 3.05) is 6.61 Å². The number of carbonyl (C=O) groups is 1. The first-order valence-corrected chi connectivity index (χ1v) is 6.19. The Morgan fingerprint density at radius 1 is 1.16 bits per heavy atom. The van der Waals surface area contributed by atoms with Crippen molar-refractivity contribution >= 4 is 29.0 Å². The molecule has 2 nitrogen and oxygen atoms in total. The monoisotopic (exact) mass is 298 g/mol. The standard InChI is InChI=1S/C14H9Cl2FO2/c15-9-5-6-11(16)14(7-9)19-8-13(18)10-3-1-2-4-12(10)17/h1-7H,8H2. The van der Waals surface area contributed by atoms with Gasteiger partial charge in [0.15, 0.2) is 6.61 Å². The van der Waals surface area contributed by atoms with Crippen LogP contribution in [-0.4, -0.2) is 12.4 Å². The van der Waals surface area contributed by atoms with Gasteiger partial charge in [-0.15, -0.1) is 0 Å². The summed E-state index contributed by atoms with van der Waals surface area (Å²) in [4.78, 5) is 11.8. The smallest absolute Gasteiger partial charge is 0.203 e. The lowest BCUT2D eigenvalue weighted by Crippen LogP contribution is -2.13. The molecule has 0 unspecified atom stereocenters. The molecule has 98 valence electrons. The maximum atomic E-state index is 13.4. The van der Waals surface area contributed by atoms with E-state index in [-0.39, 0.29) is 12.2 Å². The Labute approximate surface area is 119 Å². The topological polar surface area (TPSA) is 26.3 Å². The third kappa shape index (κ3) is 3.46. The molecule has 0 aliphatic carbocycles. The zero-order valence-electron chi connectivity index (χ0n) is 9.70. The maximum absolute atomic E-state index is 13.4. The van der Waals surface area contributed by atoms with E-state index in [1.54, 1.807) is 18.2 Å². The van der Waals surface area contributed by atoms with Crippen LogP contribution in [-0.2, 0) is 0 Å². The first-order valence-electron chi connectivity index (χ1n) is 5.43. The predicted octanol–water partition coefficient (Wildman–Crippen LogP) is 4.39. The van der Waals surface area contributed by atoms with E-state index < -0.39 is 11.6 Å². The van der Waals surface area contributed by atoms with Crippen LogP contribution in [0.1, 0.15) is 10.4 Å². The van der Waals surface area contributed by atoms with Crippen molar-refractivity contribution in [1.29, 1.82) is 0 Å².